The maximum atomic E-state index is 11.9. The van der Waals surface area contributed by atoms with Crippen LogP contribution in [0.3, 0.4) is 0 Å². The van der Waals surface area contributed by atoms with Gasteiger partial charge in [-0.05, 0) is 49.2 Å². The van der Waals surface area contributed by atoms with Gasteiger partial charge in [-0.2, -0.15) is 0 Å². The van der Waals surface area contributed by atoms with Crippen LogP contribution in [0.1, 0.15) is 48.5 Å². The third-order valence-electron chi connectivity index (χ3n) is 9.54. The second kappa shape index (κ2) is 21.7. The molecule has 0 bridgehead atoms. The number of morpholine rings is 1. The predicted octanol–water partition coefficient (Wildman–Crippen LogP) is -0.0538. The number of unbranched alkanes of at least 4 members (excludes halogenated alkanes) is 3. The fraction of sp³-hybridized carbons (Fsp3) is 0.667. The van der Waals surface area contributed by atoms with Gasteiger partial charge in [-0.1, -0.05) is 48.2 Å². The maximum Gasteiger partial charge on any atom is 0.208 e. The van der Waals surface area contributed by atoms with Crippen LogP contribution < -0.4 is 0 Å². The van der Waals surface area contributed by atoms with Crippen LogP contribution >= 0.6 is 23.2 Å². The van der Waals surface area contributed by atoms with Gasteiger partial charge in [0.05, 0.1) is 52.3 Å². The molecule has 2 aromatic carbocycles. The van der Waals surface area contributed by atoms with Crippen molar-refractivity contribution in [1.29, 1.82) is 0 Å². The van der Waals surface area contributed by atoms with Gasteiger partial charge in [0.1, 0.15) is 48.5 Å². The molecule has 0 aromatic heterocycles. The Morgan fingerprint density at radius 1 is 0.889 bits per heavy atom. The average molecular weight is 811 g/mol. The van der Waals surface area contributed by atoms with Crippen molar-refractivity contribution in [1.82, 2.24) is 4.90 Å². The first-order valence-corrected chi connectivity index (χ1v) is 18.7. The van der Waals surface area contributed by atoms with Crippen LogP contribution in [0.15, 0.2) is 36.4 Å². The molecule has 2 saturated heterocycles. The summed E-state index contributed by atoms with van der Waals surface area (Å²) in [6, 6.07) is 9.66. The minimum Gasteiger partial charge on any atom is -0.508 e. The summed E-state index contributed by atoms with van der Waals surface area (Å²) < 4.78 is 28.4. The number of aliphatic hydroxyl groups excluding tert-OH is 8. The third kappa shape index (κ3) is 11.9. The molecule has 16 nitrogen and oxygen atoms in total. The summed E-state index contributed by atoms with van der Waals surface area (Å²) in [6.45, 7) is -0.241. The van der Waals surface area contributed by atoms with E-state index in [2.05, 4.69) is 0 Å². The van der Waals surface area contributed by atoms with Gasteiger partial charge >= 0.3 is 0 Å². The Hall–Kier alpha value is -1.78. The molecule has 4 rings (SSSR count). The first kappa shape index (κ1) is 44.9. The Morgan fingerprint density at radius 2 is 1.59 bits per heavy atom. The minimum atomic E-state index is -2.47. The van der Waals surface area contributed by atoms with E-state index in [4.69, 9.17) is 46.9 Å². The smallest absolute Gasteiger partial charge is 0.208 e. The predicted molar refractivity (Wildman–Crippen MR) is 192 cm³/mol. The van der Waals surface area contributed by atoms with Crippen LogP contribution in [0.5, 0.6) is 5.75 Å². The lowest BCUT2D eigenvalue weighted by Gasteiger charge is -2.48. The summed E-state index contributed by atoms with van der Waals surface area (Å²) in [6.07, 6.45) is -12.3. The van der Waals surface area contributed by atoms with Gasteiger partial charge in [-0.25, -0.2) is 0 Å². The van der Waals surface area contributed by atoms with Gasteiger partial charge < -0.3 is 74.7 Å². The number of β-amino-alcohol motifs (C(OH)–C–C–N with tert-alkyl or cyclic N) is 1. The van der Waals surface area contributed by atoms with Crippen molar-refractivity contribution in [2.45, 2.75) is 99.8 Å². The van der Waals surface area contributed by atoms with Crippen molar-refractivity contribution in [2.24, 2.45) is 0 Å². The second-order valence-corrected chi connectivity index (χ2v) is 14.3. The zero-order chi connectivity index (χ0) is 39.4. The van der Waals surface area contributed by atoms with Crippen molar-refractivity contribution >= 4 is 23.2 Å². The highest BCUT2D eigenvalue weighted by molar-refractivity contribution is 6.35. The van der Waals surface area contributed by atoms with Crippen molar-refractivity contribution in [2.75, 3.05) is 52.7 Å². The zero-order valence-electron chi connectivity index (χ0n) is 29.8. The molecule has 0 aliphatic carbocycles. The van der Waals surface area contributed by atoms with E-state index >= 15 is 0 Å². The molecule has 306 valence electrons. The van der Waals surface area contributed by atoms with Crippen molar-refractivity contribution in [3.05, 3.63) is 63.1 Å². The van der Waals surface area contributed by atoms with Crippen LogP contribution in [-0.2, 0) is 36.9 Å². The molecule has 2 aliphatic heterocycles. The number of halogens is 2. The number of benzene rings is 2. The Bertz CT molecular complexity index is 1410. The summed E-state index contributed by atoms with van der Waals surface area (Å²) >= 11 is 12.3. The van der Waals surface area contributed by atoms with Crippen LogP contribution in [0.4, 0.5) is 0 Å². The molecule has 2 fully saturated rings. The molecule has 2 aliphatic rings. The van der Waals surface area contributed by atoms with Crippen LogP contribution in [0.2, 0.25) is 10.0 Å². The second-order valence-electron chi connectivity index (χ2n) is 13.5. The summed E-state index contributed by atoms with van der Waals surface area (Å²) in [5.74, 6) is -2.62. The average Bonchev–Trinajstić information content (AvgIpc) is 3.16. The van der Waals surface area contributed by atoms with Crippen molar-refractivity contribution < 1.29 is 74.7 Å². The third-order valence-corrected chi connectivity index (χ3v) is 10.2. The van der Waals surface area contributed by atoms with E-state index < -0.39 is 80.7 Å². The molecular formula is C36H53Cl2NO15. The molecule has 0 radical (unpaired) electrons. The molecule has 0 saturated carbocycles. The normalized spacial score (nSPS) is 28.2. The number of aromatic hydroxyl groups is 1. The Morgan fingerprint density at radius 3 is 2.28 bits per heavy atom. The molecule has 54 heavy (non-hydrogen) atoms. The lowest BCUT2D eigenvalue weighted by molar-refractivity contribution is -0.361. The van der Waals surface area contributed by atoms with E-state index in [1.54, 1.807) is 18.2 Å². The van der Waals surface area contributed by atoms with Crippen molar-refractivity contribution in [3.63, 3.8) is 0 Å². The topological polar surface area (TPSA) is 252 Å². The van der Waals surface area contributed by atoms with Crippen molar-refractivity contribution in [3.8, 4) is 5.75 Å². The van der Waals surface area contributed by atoms with E-state index in [-0.39, 0.29) is 31.0 Å². The molecule has 10 atom stereocenters. The van der Waals surface area contributed by atoms with Crippen LogP contribution in [0, 0.1) is 0 Å². The molecular weight excluding hydrogens is 757 g/mol. The highest BCUT2D eigenvalue weighted by Gasteiger charge is 2.53. The highest BCUT2D eigenvalue weighted by atomic mass is 35.5. The van der Waals surface area contributed by atoms with Gasteiger partial charge in [0.2, 0.25) is 5.79 Å². The Labute approximate surface area is 323 Å². The fourth-order valence-corrected chi connectivity index (χ4v) is 6.91. The number of aliphatic hydroxyl groups is 9. The van der Waals surface area contributed by atoms with E-state index in [0.717, 1.165) is 24.8 Å². The lowest BCUT2D eigenvalue weighted by atomic mass is 9.94. The standard InChI is InChI=1S/C36H53Cl2NO15/c37-24-6-5-7-25(38)23(24)19-51-13-12-50-11-4-2-1-3-10-39-15-28(21-8-9-26(43)22(14-21)16-40)54-36(49,20-39)34(48)33(27(44)17-41)53-35-32(47)31(46)30(45)29(18-42)52-35/h5-9,14,27-35,40-49H,1-4,10-13,15-20H2/t27-,28+,29-,30+,31+,32-,33-,34+,35+,36-/m1/s1. The monoisotopic (exact) mass is 809 g/mol. The Balaban J connectivity index is 1.35. The van der Waals surface area contributed by atoms with E-state index in [9.17, 15) is 51.1 Å². The Kier molecular flexibility index (Phi) is 18.0. The number of phenols is 1. The number of nitrogens with zero attached hydrogens (tertiary/aromatic N) is 1. The summed E-state index contributed by atoms with van der Waals surface area (Å²) in [4.78, 5) is 1.83. The van der Waals surface area contributed by atoms with Gasteiger partial charge in [0.25, 0.3) is 0 Å². The summed E-state index contributed by atoms with van der Waals surface area (Å²) in [7, 11) is 0. The molecule has 10 N–H and O–H groups in total. The number of rotatable bonds is 21. The maximum absolute atomic E-state index is 11.9. The molecule has 18 heteroatoms. The van der Waals surface area contributed by atoms with E-state index in [1.807, 2.05) is 4.90 Å². The zero-order valence-corrected chi connectivity index (χ0v) is 31.3. The fourth-order valence-electron chi connectivity index (χ4n) is 6.41. The molecule has 2 heterocycles. The first-order chi connectivity index (χ1) is 25.8. The summed E-state index contributed by atoms with van der Waals surface area (Å²) in [5, 5.41) is 106. The van der Waals surface area contributed by atoms with Gasteiger partial charge in [-0.15, -0.1) is 0 Å². The molecule has 0 unspecified atom stereocenters. The summed E-state index contributed by atoms with van der Waals surface area (Å²) in [5.41, 5.74) is 1.38. The first-order valence-electron chi connectivity index (χ1n) is 17.9. The van der Waals surface area contributed by atoms with Gasteiger partial charge in [0.15, 0.2) is 6.29 Å². The quantitative estimate of drug-likeness (QED) is 0.0742. The molecule has 0 amide bonds. The number of hydrogen-bond acceptors (Lipinski definition) is 16. The highest BCUT2D eigenvalue weighted by Crippen LogP contribution is 2.36. The largest absolute Gasteiger partial charge is 0.508 e. The number of hydrogen-bond donors (Lipinski definition) is 10. The van der Waals surface area contributed by atoms with Crippen LogP contribution in [0.25, 0.3) is 0 Å². The molecule has 0 spiro atoms. The minimum absolute atomic E-state index is 0.151. The lowest BCUT2D eigenvalue weighted by Crippen LogP contribution is -2.66. The SMILES string of the molecule is OCc1cc([C@@H]2CN(CCCCCCOCCOCc3c(Cl)cccc3Cl)C[C@](O)([C@@H](O)[C@H](O[C@@H]3O[C@H](CO)[C@H](O)[C@H](O)[C@H]3O)[C@H](O)CO)O2)ccc1O. The molecule has 2 aromatic rings. The van der Waals surface area contributed by atoms with E-state index in [0.29, 0.717) is 48.4 Å². The number of ether oxygens (including phenoxy) is 5. The van der Waals surface area contributed by atoms with Gasteiger partial charge in [-0.3, -0.25) is 4.90 Å². The van der Waals surface area contributed by atoms with Gasteiger partial charge in [0, 0.05) is 34.3 Å². The van der Waals surface area contributed by atoms with Crippen LogP contribution in [-0.4, -0.2) is 163 Å². The van der Waals surface area contributed by atoms with E-state index in [1.165, 1.54) is 18.2 Å².